The van der Waals surface area contributed by atoms with Crippen LogP contribution in [-0.2, 0) is 0 Å². The van der Waals surface area contributed by atoms with Crippen molar-refractivity contribution in [1.29, 1.82) is 0 Å². The molecule has 1 atom stereocenters. The van der Waals surface area contributed by atoms with Crippen molar-refractivity contribution < 1.29 is 14.3 Å². The first-order chi connectivity index (χ1) is 11.1. The van der Waals surface area contributed by atoms with E-state index >= 15 is 0 Å². The Balaban J connectivity index is 1.44. The van der Waals surface area contributed by atoms with E-state index in [1.54, 1.807) is 18.2 Å². The largest absolute Gasteiger partial charge is 0.478 e. The maximum atomic E-state index is 12.4. The van der Waals surface area contributed by atoms with E-state index in [1.807, 2.05) is 0 Å². The molecule has 2 heterocycles. The molecule has 1 saturated carbocycles. The Labute approximate surface area is 136 Å². The summed E-state index contributed by atoms with van der Waals surface area (Å²) in [5.74, 6) is 0.549. The molecule has 5 nitrogen and oxygen atoms in total. The summed E-state index contributed by atoms with van der Waals surface area (Å²) in [5.41, 5.74) is 0.508. The van der Waals surface area contributed by atoms with Crippen LogP contribution in [0.2, 0.25) is 0 Å². The van der Waals surface area contributed by atoms with Gasteiger partial charge < -0.3 is 10.1 Å². The van der Waals surface area contributed by atoms with Gasteiger partial charge in [0, 0.05) is 18.2 Å². The molecular formula is C18H22N2O3. The standard InChI is InChI=1S/C18H22N2O3/c1-2-20-9-3-4-13(20)11-19-17(22)12-5-6-15-14(10-12)16(21)18(23-15)7-8-18/h5-6,10,13H,2-4,7-9,11H2,1H3,(H,19,22). The maximum Gasteiger partial charge on any atom is 0.251 e. The topological polar surface area (TPSA) is 58.6 Å². The summed E-state index contributed by atoms with van der Waals surface area (Å²) in [4.78, 5) is 27.1. The lowest BCUT2D eigenvalue weighted by Crippen LogP contribution is -2.40. The number of nitrogens with one attached hydrogen (secondary N) is 1. The van der Waals surface area contributed by atoms with Crippen molar-refractivity contribution in [3.05, 3.63) is 29.3 Å². The van der Waals surface area contributed by atoms with Gasteiger partial charge in [-0.2, -0.15) is 0 Å². The number of Topliss-reactive ketones (excluding diaryl/α,β-unsaturated/α-hetero) is 1. The Morgan fingerprint density at radius 1 is 1.43 bits per heavy atom. The number of likely N-dealkylation sites (N-methyl/N-ethyl adjacent to an activating group) is 1. The summed E-state index contributed by atoms with van der Waals surface area (Å²) in [6, 6.07) is 5.61. The second-order valence-electron chi connectivity index (χ2n) is 6.77. The van der Waals surface area contributed by atoms with E-state index in [0.29, 0.717) is 29.5 Å². The number of rotatable bonds is 4. The average molecular weight is 314 g/mol. The minimum Gasteiger partial charge on any atom is -0.478 e. The minimum atomic E-state index is -0.594. The molecule has 0 aromatic heterocycles. The minimum absolute atomic E-state index is 0.0371. The third-order valence-electron chi connectivity index (χ3n) is 5.31. The Kier molecular flexibility index (Phi) is 3.41. The van der Waals surface area contributed by atoms with Gasteiger partial charge in [0.05, 0.1) is 5.56 Å². The molecule has 1 N–H and O–H groups in total. The zero-order valence-electron chi connectivity index (χ0n) is 13.4. The Bertz CT molecular complexity index is 666. The van der Waals surface area contributed by atoms with Crippen molar-refractivity contribution in [1.82, 2.24) is 10.2 Å². The number of hydrogen-bond acceptors (Lipinski definition) is 4. The van der Waals surface area contributed by atoms with Crippen molar-refractivity contribution in [3.8, 4) is 5.75 Å². The van der Waals surface area contributed by atoms with Crippen molar-refractivity contribution in [3.63, 3.8) is 0 Å². The molecular weight excluding hydrogens is 292 g/mol. The Morgan fingerprint density at radius 2 is 2.26 bits per heavy atom. The number of ether oxygens (including phenoxy) is 1. The number of benzene rings is 1. The van der Waals surface area contributed by atoms with Crippen LogP contribution in [0.4, 0.5) is 0 Å². The van der Waals surface area contributed by atoms with Gasteiger partial charge in [-0.3, -0.25) is 14.5 Å². The van der Waals surface area contributed by atoms with Crippen molar-refractivity contribution >= 4 is 11.7 Å². The second kappa shape index (κ2) is 5.34. The molecule has 2 fully saturated rings. The number of carbonyl (C=O) groups is 2. The molecule has 122 valence electrons. The molecule has 1 amide bonds. The van der Waals surface area contributed by atoms with Gasteiger partial charge in [0.15, 0.2) is 5.60 Å². The number of fused-ring (bicyclic) bond motifs is 1. The van der Waals surface area contributed by atoms with Gasteiger partial charge in [0.25, 0.3) is 5.91 Å². The predicted octanol–water partition coefficient (Wildman–Crippen LogP) is 2.01. The number of amides is 1. The van der Waals surface area contributed by atoms with Crippen LogP contribution >= 0.6 is 0 Å². The van der Waals surface area contributed by atoms with Gasteiger partial charge >= 0.3 is 0 Å². The third kappa shape index (κ3) is 2.43. The molecule has 1 aromatic rings. The van der Waals surface area contributed by atoms with Crippen LogP contribution in [0.25, 0.3) is 0 Å². The quantitative estimate of drug-likeness (QED) is 0.923. The summed E-state index contributed by atoms with van der Waals surface area (Å²) < 4.78 is 5.73. The molecule has 4 rings (SSSR count). The Hall–Kier alpha value is -1.88. The fourth-order valence-corrected chi connectivity index (χ4v) is 3.74. The lowest BCUT2D eigenvalue weighted by atomic mass is 10.0. The molecule has 0 radical (unpaired) electrons. The van der Waals surface area contributed by atoms with Crippen LogP contribution in [0.1, 0.15) is 53.3 Å². The van der Waals surface area contributed by atoms with Gasteiger partial charge in [-0.05, 0) is 57.0 Å². The summed E-state index contributed by atoms with van der Waals surface area (Å²) in [6.45, 7) is 4.95. The molecule has 5 heteroatoms. The normalized spacial score (nSPS) is 24.6. The van der Waals surface area contributed by atoms with Crippen LogP contribution < -0.4 is 10.1 Å². The van der Waals surface area contributed by atoms with Crippen LogP contribution in [0.3, 0.4) is 0 Å². The lowest BCUT2D eigenvalue weighted by Gasteiger charge is -2.22. The highest BCUT2D eigenvalue weighted by Gasteiger charge is 2.57. The van der Waals surface area contributed by atoms with Gasteiger partial charge in [-0.1, -0.05) is 6.92 Å². The van der Waals surface area contributed by atoms with Crippen molar-refractivity contribution in [2.75, 3.05) is 19.6 Å². The van der Waals surface area contributed by atoms with Crippen molar-refractivity contribution in [2.45, 2.75) is 44.2 Å². The predicted molar refractivity (Wildman–Crippen MR) is 86.0 cm³/mol. The summed E-state index contributed by atoms with van der Waals surface area (Å²) in [6.07, 6.45) is 3.90. The van der Waals surface area contributed by atoms with E-state index in [1.165, 1.54) is 6.42 Å². The molecule has 23 heavy (non-hydrogen) atoms. The van der Waals surface area contributed by atoms with Crippen LogP contribution in [0.5, 0.6) is 5.75 Å². The fraction of sp³-hybridized carbons (Fsp3) is 0.556. The maximum absolute atomic E-state index is 12.4. The Morgan fingerprint density at radius 3 is 3.00 bits per heavy atom. The van der Waals surface area contributed by atoms with Crippen LogP contribution in [0.15, 0.2) is 18.2 Å². The number of hydrogen-bond donors (Lipinski definition) is 1. The molecule has 1 spiro atoms. The second-order valence-corrected chi connectivity index (χ2v) is 6.77. The van der Waals surface area contributed by atoms with Gasteiger partial charge in [-0.25, -0.2) is 0 Å². The van der Waals surface area contributed by atoms with E-state index in [2.05, 4.69) is 17.1 Å². The highest BCUT2D eigenvalue weighted by Crippen LogP contribution is 2.49. The molecule has 2 aliphatic heterocycles. The smallest absolute Gasteiger partial charge is 0.251 e. The monoisotopic (exact) mass is 314 g/mol. The van der Waals surface area contributed by atoms with E-state index in [9.17, 15) is 9.59 Å². The molecule has 0 bridgehead atoms. The van der Waals surface area contributed by atoms with E-state index < -0.39 is 5.60 Å². The lowest BCUT2D eigenvalue weighted by molar-refractivity contribution is 0.0820. The number of carbonyl (C=O) groups excluding carboxylic acids is 2. The van der Waals surface area contributed by atoms with Crippen LogP contribution in [0, 0.1) is 0 Å². The summed E-state index contributed by atoms with van der Waals surface area (Å²) in [7, 11) is 0. The van der Waals surface area contributed by atoms with Crippen molar-refractivity contribution in [2.24, 2.45) is 0 Å². The third-order valence-corrected chi connectivity index (χ3v) is 5.31. The fourth-order valence-electron chi connectivity index (χ4n) is 3.74. The first-order valence-corrected chi connectivity index (χ1v) is 8.53. The summed E-state index contributed by atoms with van der Waals surface area (Å²) >= 11 is 0. The molecule has 3 aliphatic rings. The summed E-state index contributed by atoms with van der Waals surface area (Å²) in [5, 5.41) is 3.01. The van der Waals surface area contributed by atoms with Gasteiger partial charge in [-0.15, -0.1) is 0 Å². The van der Waals surface area contributed by atoms with Gasteiger partial charge in [0.2, 0.25) is 5.78 Å². The molecule has 1 saturated heterocycles. The number of nitrogens with zero attached hydrogens (tertiary/aromatic N) is 1. The first-order valence-electron chi connectivity index (χ1n) is 8.53. The SMILES string of the molecule is CCN1CCCC1CNC(=O)c1ccc2c(c1)C(=O)C1(CC1)O2. The highest BCUT2D eigenvalue weighted by atomic mass is 16.5. The zero-order chi connectivity index (χ0) is 16.0. The molecule has 1 aromatic carbocycles. The molecule has 1 aliphatic carbocycles. The number of likely N-dealkylation sites (tertiary alicyclic amines) is 1. The van der Waals surface area contributed by atoms with E-state index in [4.69, 9.17) is 4.74 Å². The average Bonchev–Trinajstić information content (AvgIpc) is 3.11. The first kappa shape index (κ1) is 14.7. The van der Waals surface area contributed by atoms with Crippen LogP contribution in [-0.4, -0.2) is 47.9 Å². The highest BCUT2D eigenvalue weighted by molar-refractivity contribution is 6.10. The van der Waals surface area contributed by atoms with E-state index in [-0.39, 0.29) is 11.7 Å². The number of ketones is 1. The van der Waals surface area contributed by atoms with Gasteiger partial charge in [0.1, 0.15) is 5.75 Å². The van der Waals surface area contributed by atoms with E-state index in [0.717, 1.165) is 32.4 Å². The zero-order valence-corrected chi connectivity index (χ0v) is 13.4. The molecule has 1 unspecified atom stereocenters.